The number of hydrogen-bond donors (Lipinski definition) is 1. The molecule has 0 aliphatic heterocycles. The number of hydrogen-bond acceptors (Lipinski definition) is 1. The van der Waals surface area contributed by atoms with Gasteiger partial charge in [-0.05, 0) is 43.9 Å². The standard InChI is InChI=1S/C14H21ClFN/c1-3-12(17-4-2)9-5-7-11-8-6-10-13(16)14(11)15/h6,8,10,12,17H,3-5,7,9H2,1-2H3. The monoisotopic (exact) mass is 257 g/mol. The van der Waals surface area contributed by atoms with Gasteiger partial charge in [-0.1, -0.05) is 37.6 Å². The van der Waals surface area contributed by atoms with Crippen molar-refractivity contribution in [3.8, 4) is 0 Å². The predicted molar refractivity (Wildman–Crippen MR) is 72.1 cm³/mol. The van der Waals surface area contributed by atoms with E-state index in [9.17, 15) is 4.39 Å². The Hall–Kier alpha value is -0.600. The molecule has 0 aliphatic carbocycles. The average Bonchev–Trinajstić information content (AvgIpc) is 2.33. The third-order valence-corrected chi connectivity index (χ3v) is 3.44. The summed E-state index contributed by atoms with van der Waals surface area (Å²) in [5, 5.41) is 3.72. The van der Waals surface area contributed by atoms with Crippen molar-refractivity contribution in [1.29, 1.82) is 0 Å². The molecule has 96 valence electrons. The summed E-state index contributed by atoms with van der Waals surface area (Å²) in [6.45, 7) is 5.30. The maximum atomic E-state index is 13.2. The zero-order chi connectivity index (χ0) is 12.7. The Balaban J connectivity index is 2.42. The Bertz CT molecular complexity index is 341. The summed E-state index contributed by atoms with van der Waals surface area (Å²) in [6.07, 6.45) is 4.12. The van der Waals surface area contributed by atoms with Crippen LogP contribution in [0.2, 0.25) is 5.02 Å². The average molecular weight is 258 g/mol. The maximum absolute atomic E-state index is 13.2. The lowest BCUT2D eigenvalue weighted by Crippen LogP contribution is -2.28. The predicted octanol–water partition coefficient (Wildman–Crippen LogP) is 4.19. The highest BCUT2D eigenvalue weighted by atomic mass is 35.5. The fourth-order valence-corrected chi connectivity index (χ4v) is 2.24. The van der Waals surface area contributed by atoms with Crippen LogP contribution in [0.15, 0.2) is 18.2 Å². The normalized spacial score (nSPS) is 12.7. The van der Waals surface area contributed by atoms with Gasteiger partial charge in [-0.3, -0.25) is 0 Å². The van der Waals surface area contributed by atoms with Crippen molar-refractivity contribution >= 4 is 11.6 Å². The van der Waals surface area contributed by atoms with Crippen molar-refractivity contribution in [1.82, 2.24) is 5.32 Å². The van der Waals surface area contributed by atoms with E-state index in [1.54, 1.807) is 6.07 Å². The van der Waals surface area contributed by atoms with E-state index >= 15 is 0 Å². The Morgan fingerprint density at radius 2 is 2.12 bits per heavy atom. The van der Waals surface area contributed by atoms with Crippen LogP contribution in [0.5, 0.6) is 0 Å². The Labute approximate surface area is 108 Å². The van der Waals surface area contributed by atoms with Gasteiger partial charge >= 0.3 is 0 Å². The molecule has 0 saturated heterocycles. The van der Waals surface area contributed by atoms with Gasteiger partial charge in [0.25, 0.3) is 0 Å². The highest BCUT2D eigenvalue weighted by molar-refractivity contribution is 6.31. The second kappa shape index (κ2) is 7.67. The van der Waals surface area contributed by atoms with Gasteiger partial charge in [0.05, 0.1) is 5.02 Å². The lowest BCUT2D eigenvalue weighted by atomic mass is 10.0. The first-order chi connectivity index (χ1) is 8.19. The molecule has 0 heterocycles. The minimum absolute atomic E-state index is 0.281. The molecule has 1 nitrogen and oxygen atoms in total. The van der Waals surface area contributed by atoms with Crippen molar-refractivity contribution in [3.63, 3.8) is 0 Å². The lowest BCUT2D eigenvalue weighted by Gasteiger charge is -2.15. The van der Waals surface area contributed by atoms with Gasteiger partial charge in [0.2, 0.25) is 0 Å². The zero-order valence-electron chi connectivity index (χ0n) is 10.6. The third kappa shape index (κ3) is 4.64. The molecule has 1 N–H and O–H groups in total. The minimum Gasteiger partial charge on any atom is -0.314 e. The number of halogens is 2. The first-order valence-corrected chi connectivity index (χ1v) is 6.73. The number of rotatable bonds is 7. The van der Waals surface area contributed by atoms with Crippen LogP contribution in [-0.4, -0.2) is 12.6 Å². The van der Waals surface area contributed by atoms with Gasteiger partial charge < -0.3 is 5.32 Å². The molecule has 0 bridgehead atoms. The molecule has 0 aliphatic rings. The van der Waals surface area contributed by atoms with Gasteiger partial charge in [0.1, 0.15) is 5.82 Å². The molecule has 0 amide bonds. The zero-order valence-corrected chi connectivity index (χ0v) is 11.4. The van der Waals surface area contributed by atoms with Crippen LogP contribution in [0.25, 0.3) is 0 Å². The Morgan fingerprint density at radius 1 is 1.35 bits per heavy atom. The third-order valence-electron chi connectivity index (χ3n) is 3.02. The van der Waals surface area contributed by atoms with E-state index in [1.807, 2.05) is 6.07 Å². The van der Waals surface area contributed by atoms with E-state index in [0.717, 1.165) is 37.8 Å². The summed E-state index contributed by atoms with van der Waals surface area (Å²) in [7, 11) is 0. The second-order valence-corrected chi connectivity index (χ2v) is 4.65. The first kappa shape index (κ1) is 14.5. The van der Waals surface area contributed by atoms with E-state index < -0.39 is 0 Å². The Kier molecular flexibility index (Phi) is 6.53. The SMILES string of the molecule is CCNC(CC)CCCc1cccc(F)c1Cl. The minimum atomic E-state index is -0.317. The summed E-state index contributed by atoms with van der Waals surface area (Å²) >= 11 is 5.91. The molecule has 3 heteroatoms. The number of nitrogens with one attached hydrogen (secondary N) is 1. The molecular formula is C14H21ClFN. The summed E-state index contributed by atoms with van der Waals surface area (Å²) in [5.74, 6) is -0.317. The van der Waals surface area contributed by atoms with E-state index in [0.29, 0.717) is 6.04 Å². The second-order valence-electron chi connectivity index (χ2n) is 4.27. The van der Waals surface area contributed by atoms with E-state index in [1.165, 1.54) is 6.07 Å². The molecule has 1 unspecified atom stereocenters. The molecule has 1 atom stereocenters. The summed E-state index contributed by atoms with van der Waals surface area (Å²) in [5.41, 5.74) is 0.915. The summed E-state index contributed by atoms with van der Waals surface area (Å²) in [4.78, 5) is 0. The van der Waals surface area contributed by atoms with E-state index in [2.05, 4.69) is 19.2 Å². The van der Waals surface area contributed by atoms with Crippen LogP contribution in [0, 0.1) is 5.82 Å². The van der Waals surface area contributed by atoms with Gasteiger partial charge in [0, 0.05) is 6.04 Å². The topological polar surface area (TPSA) is 12.0 Å². The van der Waals surface area contributed by atoms with E-state index in [4.69, 9.17) is 11.6 Å². The maximum Gasteiger partial charge on any atom is 0.142 e. The van der Waals surface area contributed by atoms with Crippen molar-refractivity contribution in [3.05, 3.63) is 34.6 Å². The molecule has 0 spiro atoms. The molecule has 1 rings (SSSR count). The van der Waals surface area contributed by atoms with Crippen LogP contribution >= 0.6 is 11.6 Å². The highest BCUT2D eigenvalue weighted by Crippen LogP contribution is 2.21. The molecule has 0 aromatic heterocycles. The van der Waals surface area contributed by atoms with Gasteiger partial charge in [-0.15, -0.1) is 0 Å². The van der Waals surface area contributed by atoms with Crippen molar-refractivity contribution in [2.45, 2.75) is 45.6 Å². The Morgan fingerprint density at radius 3 is 2.76 bits per heavy atom. The molecule has 1 aromatic carbocycles. The molecule has 0 saturated carbocycles. The van der Waals surface area contributed by atoms with Crippen molar-refractivity contribution in [2.75, 3.05) is 6.54 Å². The molecular weight excluding hydrogens is 237 g/mol. The van der Waals surface area contributed by atoms with Crippen LogP contribution in [0.4, 0.5) is 4.39 Å². The van der Waals surface area contributed by atoms with E-state index in [-0.39, 0.29) is 10.8 Å². The highest BCUT2D eigenvalue weighted by Gasteiger charge is 2.07. The number of benzene rings is 1. The van der Waals surface area contributed by atoms with Crippen LogP contribution in [0.1, 0.15) is 38.7 Å². The van der Waals surface area contributed by atoms with Crippen LogP contribution in [0.3, 0.4) is 0 Å². The van der Waals surface area contributed by atoms with Gasteiger partial charge in [-0.2, -0.15) is 0 Å². The molecule has 0 fully saturated rings. The number of aryl methyl sites for hydroxylation is 1. The largest absolute Gasteiger partial charge is 0.314 e. The smallest absolute Gasteiger partial charge is 0.142 e. The summed E-state index contributed by atoms with van der Waals surface area (Å²) in [6, 6.07) is 5.59. The van der Waals surface area contributed by atoms with Crippen LogP contribution < -0.4 is 5.32 Å². The molecule has 17 heavy (non-hydrogen) atoms. The van der Waals surface area contributed by atoms with Crippen LogP contribution in [-0.2, 0) is 6.42 Å². The van der Waals surface area contributed by atoms with Gasteiger partial charge in [-0.25, -0.2) is 4.39 Å². The lowest BCUT2D eigenvalue weighted by molar-refractivity contribution is 0.467. The fourth-order valence-electron chi connectivity index (χ4n) is 2.02. The summed E-state index contributed by atoms with van der Waals surface area (Å²) < 4.78 is 13.2. The van der Waals surface area contributed by atoms with Gasteiger partial charge in [0.15, 0.2) is 0 Å². The molecule has 0 radical (unpaired) electrons. The first-order valence-electron chi connectivity index (χ1n) is 6.35. The van der Waals surface area contributed by atoms with Crippen molar-refractivity contribution in [2.24, 2.45) is 0 Å². The van der Waals surface area contributed by atoms with Crippen molar-refractivity contribution < 1.29 is 4.39 Å². The quantitative estimate of drug-likeness (QED) is 0.772. The fraction of sp³-hybridized carbons (Fsp3) is 0.571. The molecule has 1 aromatic rings.